The minimum absolute atomic E-state index is 0.202. The van der Waals surface area contributed by atoms with E-state index in [1.165, 1.54) is 0 Å². The van der Waals surface area contributed by atoms with Crippen LogP contribution in [-0.4, -0.2) is 24.0 Å². The summed E-state index contributed by atoms with van der Waals surface area (Å²) in [6, 6.07) is 0. The molecule has 0 radical (unpaired) electrons. The van der Waals surface area contributed by atoms with Crippen molar-refractivity contribution in [1.82, 2.24) is 4.98 Å². The summed E-state index contributed by atoms with van der Waals surface area (Å²) in [4.78, 5) is 15.9. The third-order valence-corrected chi connectivity index (χ3v) is 3.27. The van der Waals surface area contributed by atoms with Gasteiger partial charge >= 0.3 is 0 Å². The number of hydrogen-bond acceptors (Lipinski definition) is 4. The first-order valence-corrected chi connectivity index (χ1v) is 5.73. The highest BCUT2D eigenvalue weighted by atomic mass is 32.1. The highest BCUT2D eigenvalue weighted by molar-refractivity contribution is 7.09. The normalized spacial score (nSPS) is 18.3. The van der Waals surface area contributed by atoms with E-state index in [-0.39, 0.29) is 5.92 Å². The molecular weight excluding hydrogens is 198 g/mol. The van der Waals surface area contributed by atoms with Gasteiger partial charge in [0.2, 0.25) is 0 Å². The van der Waals surface area contributed by atoms with Crippen molar-refractivity contribution in [3.8, 4) is 0 Å². The van der Waals surface area contributed by atoms with E-state index < -0.39 is 0 Å². The summed E-state index contributed by atoms with van der Waals surface area (Å²) in [5.74, 6) is 0.524. The molecule has 0 bridgehead atoms. The predicted molar refractivity (Wildman–Crippen MR) is 54.4 cm³/mol. The van der Waals surface area contributed by atoms with Crippen molar-refractivity contribution in [2.45, 2.75) is 19.3 Å². The molecule has 14 heavy (non-hydrogen) atoms. The average Bonchev–Trinajstić information content (AvgIpc) is 2.72. The highest BCUT2D eigenvalue weighted by Crippen LogP contribution is 2.18. The van der Waals surface area contributed by atoms with Gasteiger partial charge in [0, 0.05) is 30.7 Å². The van der Waals surface area contributed by atoms with Gasteiger partial charge in [0.05, 0.1) is 11.4 Å². The van der Waals surface area contributed by atoms with Crippen molar-refractivity contribution in [2.24, 2.45) is 5.92 Å². The molecule has 0 atom stereocenters. The van der Waals surface area contributed by atoms with Crippen LogP contribution in [0.1, 0.15) is 17.8 Å². The largest absolute Gasteiger partial charge is 0.381 e. The van der Waals surface area contributed by atoms with Crippen LogP contribution in [0.4, 0.5) is 0 Å². The Hall–Kier alpha value is -0.740. The fraction of sp³-hybridized carbons (Fsp3) is 0.600. The van der Waals surface area contributed by atoms with Crippen molar-refractivity contribution in [2.75, 3.05) is 13.2 Å². The van der Waals surface area contributed by atoms with Crippen LogP contribution < -0.4 is 0 Å². The summed E-state index contributed by atoms with van der Waals surface area (Å²) in [6.45, 7) is 1.46. The molecule has 1 aliphatic heterocycles. The number of hydrogen-bond donors (Lipinski definition) is 0. The van der Waals surface area contributed by atoms with Gasteiger partial charge in [0.15, 0.2) is 0 Å². The summed E-state index contributed by atoms with van der Waals surface area (Å²) in [5.41, 5.74) is 0. The Labute approximate surface area is 87.1 Å². The fourth-order valence-electron chi connectivity index (χ4n) is 1.65. The van der Waals surface area contributed by atoms with Crippen LogP contribution in [-0.2, 0) is 16.0 Å². The van der Waals surface area contributed by atoms with Gasteiger partial charge < -0.3 is 4.74 Å². The minimum atomic E-state index is 0.202. The molecule has 1 aromatic rings. The van der Waals surface area contributed by atoms with Gasteiger partial charge in [0.25, 0.3) is 0 Å². The number of aromatic nitrogens is 1. The second-order valence-corrected chi connectivity index (χ2v) is 4.43. The molecular formula is C10H13NO2S. The molecule has 0 spiro atoms. The van der Waals surface area contributed by atoms with Crippen LogP contribution in [0.3, 0.4) is 0 Å². The van der Waals surface area contributed by atoms with Crippen molar-refractivity contribution in [1.29, 1.82) is 0 Å². The number of carbonyl (C=O) groups excluding carboxylic acids is 1. The van der Waals surface area contributed by atoms with Crippen molar-refractivity contribution >= 4 is 17.1 Å². The smallest absolute Gasteiger partial charge is 0.142 e. The van der Waals surface area contributed by atoms with Gasteiger partial charge in [-0.15, -0.1) is 11.3 Å². The number of rotatable bonds is 3. The fourth-order valence-corrected chi connectivity index (χ4v) is 2.28. The SMILES string of the molecule is O=C(Cc1nccs1)C1CCOCC1. The molecule has 1 fully saturated rings. The molecule has 0 unspecified atom stereocenters. The minimum Gasteiger partial charge on any atom is -0.381 e. The number of ether oxygens (including phenoxy) is 1. The second kappa shape index (κ2) is 4.66. The summed E-state index contributed by atoms with van der Waals surface area (Å²) in [5, 5.41) is 2.84. The van der Waals surface area contributed by atoms with Crippen molar-refractivity contribution in [3.63, 3.8) is 0 Å². The lowest BCUT2D eigenvalue weighted by Crippen LogP contribution is -2.24. The van der Waals surface area contributed by atoms with Gasteiger partial charge in [-0.1, -0.05) is 0 Å². The first-order chi connectivity index (χ1) is 6.86. The van der Waals surface area contributed by atoms with Crippen LogP contribution >= 0.6 is 11.3 Å². The zero-order valence-corrected chi connectivity index (χ0v) is 8.76. The van der Waals surface area contributed by atoms with Gasteiger partial charge in [-0.25, -0.2) is 4.98 Å². The monoisotopic (exact) mass is 211 g/mol. The van der Waals surface area contributed by atoms with Crippen LogP contribution in [0.25, 0.3) is 0 Å². The maximum Gasteiger partial charge on any atom is 0.142 e. The molecule has 4 heteroatoms. The number of carbonyl (C=O) groups is 1. The molecule has 3 nitrogen and oxygen atoms in total. The van der Waals surface area contributed by atoms with E-state index in [0.717, 1.165) is 31.1 Å². The lowest BCUT2D eigenvalue weighted by molar-refractivity contribution is -0.125. The van der Waals surface area contributed by atoms with Crippen LogP contribution in [0.5, 0.6) is 0 Å². The first kappa shape index (κ1) is 9.80. The van der Waals surface area contributed by atoms with E-state index in [1.54, 1.807) is 17.5 Å². The summed E-state index contributed by atoms with van der Waals surface area (Å²) < 4.78 is 5.22. The quantitative estimate of drug-likeness (QED) is 0.763. The molecule has 76 valence electrons. The molecule has 1 aromatic heterocycles. The Morgan fingerprint density at radius 2 is 2.36 bits per heavy atom. The molecule has 1 aliphatic rings. The number of thiazole rings is 1. The Morgan fingerprint density at radius 3 is 3.00 bits per heavy atom. The van der Waals surface area contributed by atoms with E-state index in [0.29, 0.717) is 12.2 Å². The lowest BCUT2D eigenvalue weighted by Gasteiger charge is -2.20. The molecule has 2 heterocycles. The molecule has 2 rings (SSSR count). The van der Waals surface area contributed by atoms with Gasteiger partial charge in [-0.05, 0) is 12.8 Å². The van der Waals surface area contributed by atoms with Crippen LogP contribution in [0.2, 0.25) is 0 Å². The maximum absolute atomic E-state index is 11.8. The van der Waals surface area contributed by atoms with E-state index >= 15 is 0 Å². The lowest BCUT2D eigenvalue weighted by atomic mass is 9.94. The number of Topliss-reactive ketones (excluding diaryl/α,β-unsaturated/α-hetero) is 1. The third kappa shape index (κ3) is 2.39. The van der Waals surface area contributed by atoms with Crippen LogP contribution in [0, 0.1) is 5.92 Å². The Balaban J connectivity index is 1.88. The van der Waals surface area contributed by atoms with Crippen LogP contribution in [0.15, 0.2) is 11.6 Å². The first-order valence-electron chi connectivity index (χ1n) is 4.85. The van der Waals surface area contributed by atoms with Crippen molar-refractivity contribution < 1.29 is 9.53 Å². The zero-order chi connectivity index (χ0) is 9.80. The van der Waals surface area contributed by atoms with E-state index in [4.69, 9.17) is 4.74 Å². The number of ketones is 1. The summed E-state index contributed by atoms with van der Waals surface area (Å²) >= 11 is 1.55. The Kier molecular flexibility index (Phi) is 3.26. The predicted octanol–water partition coefficient (Wildman–Crippen LogP) is 1.68. The highest BCUT2D eigenvalue weighted by Gasteiger charge is 2.21. The zero-order valence-electron chi connectivity index (χ0n) is 7.94. The van der Waals surface area contributed by atoms with E-state index in [2.05, 4.69) is 4.98 Å². The summed E-state index contributed by atoms with van der Waals surface area (Å²) in [6.07, 6.45) is 4.01. The van der Waals surface area contributed by atoms with Gasteiger partial charge in [0.1, 0.15) is 5.78 Å². The maximum atomic E-state index is 11.8. The topological polar surface area (TPSA) is 39.2 Å². The molecule has 0 aromatic carbocycles. The third-order valence-electron chi connectivity index (χ3n) is 2.49. The van der Waals surface area contributed by atoms with E-state index in [1.807, 2.05) is 5.38 Å². The number of nitrogens with zero attached hydrogens (tertiary/aromatic N) is 1. The summed E-state index contributed by atoms with van der Waals surface area (Å²) in [7, 11) is 0. The molecule has 0 amide bonds. The Morgan fingerprint density at radius 1 is 1.57 bits per heavy atom. The van der Waals surface area contributed by atoms with Gasteiger partial charge in [-0.3, -0.25) is 4.79 Å². The van der Waals surface area contributed by atoms with Crippen molar-refractivity contribution in [3.05, 3.63) is 16.6 Å². The standard InChI is InChI=1S/C10H13NO2S/c12-9(7-10-11-3-6-14-10)8-1-4-13-5-2-8/h3,6,8H,1-2,4-5,7H2. The molecule has 1 saturated heterocycles. The second-order valence-electron chi connectivity index (χ2n) is 3.46. The molecule has 0 saturated carbocycles. The molecule has 0 aliphatic carbocycles. The Bertz CT molecular complexity index is 291. The molecule has 0 N–H and O–H groups in total. The van der Waals surface area contributed by atoms with E-state index in [9.17, 15) is 4.79 Å². The van der Waals surface area contributed by atoms with Gasteiger partial charge in [-0.2, -0.15) is 0 Å². The average molecular weight is 211 g/mol.